The lowest BCUT2D eigenvalue weighted by Gasteiger charge is -2.44. The van der Waals surface area contributed by atoms with Gasteiger partial charge in [0.15, 0.2) is 5.50 Å². The molecule has 3 heterocycles. The Morgan fingerprint density at radius 3 is 2.41 bits per heavy atom. The van der Waals surface area contributed by atoms with Gasteiger partial charge in [0, 0.05) is 23.6 Å². The quantitative estimate of drug-likeness (QED) is 0.601. The predicted molar refractivity (Wildman–Crippen MR) is 127 cm³/mol. The lowest BCUT2D eigenvalue weighted by Crippen LogP contribution is -2.55. The number of thiol groups is 1. The number of carbonyl (C=O) groups is 1. The number of carbonyl (C=O) groups excluding carboxylic acids is 1. The number of nitriles is 1. The fourth-order valence-corrected chi connectivity index (χ4v) is 5.29. The van der Waals surface area contributed by atoms with Crippen molar-refractivity contribution in [3.05, 3.63) is 71.8 Å². The Morgan fingerprint density at radius 2 is 1.81 bits per heavy atom. The van der Waals surface area contributed by atoms with Crippen LogP contribution in [0, 0.1) is 25.2 Å². The summed E-state index contributed by atoms with van der Waals surface area (Å²) in [6.45, 7) is 3.86. The topological polar surface area (TPSA) is 73.1 Å². The van der Waals surface area contributed by atoms with Crippen LogP contribution in [0.4, 0.5) is 11.4 Å². The SMILES string of the molecule is Cc1cncc(-c2ccc(N3C(S)N(c4cnc(C#N)c(C)c4)C(=O)C34CCC4)cc2)c1. The van der Waals surface area contributed by atoms with E-state index in [2.05, 4.69) is 51.3 Å². The molecular weight excluding hydrogens is 418 g/mol. The molecule has 3 aromatic rings. The molecule has 7 heteroatoms. The molecule has 1 spiro atoms. The summed E-state index contributed by atoms with van der Waals surface area (Å²) in [4.78, 5) is 26.0. The molecular formula is C25H23N5OS. The van der Waals surface area contributed by atoms with Gasteiger partial charge in [0.2, 0.25) is 0 Å². The minimum Gasteiger partial charge on any atom is -0.328 e. The number of pyridine rings is 2. The number of amides is 1. The van der Waals surface area contributed by atoms with Crippen molar-refractivity contribution < 1.29 is 4.79 Å². The lowest BCUT2D eigenvalue weighted by atomic mass is 9.75. The van der Waals surface area contributed by atoms with Gasteiger partial charge in [0.1, 0.15) is 17.3 Å². The Bertz CT molecular complexity index is 1250. The zero-order chi connectivity index (χ0) is 22.5. The fraction of sp³-hybridized carbons (Fsp3) is 0.280. The predicted octanol–water partition coefficient (Wildman–Crippen LogP) is 4.62. The molecule has 2 aromatic heterocycles. The van der Waals surface area contributed by atoms with Crippen LogP contribution in [-0.2, 0) is 4.79 Å². The summed E-state index contributed by atoms with van der Waals surface area (Å²) >= 11 is 4.89. The van der Waals surface area contributed by atoms with E-state index in [1.165, 1.54) is 0 Å². The van der Waals surface area contributed by atoms with Crippen LogP contribution in [0.3, 0.4) is 0 Å². The number of nitrogens with zero attached hydrogens (tertiary/aromatic N) is 5. The summed E-state index contributed by atoms with van der Waals surface area (Å²) in [7, 11) is 0. The van der Waals surface area contributed by atoms with Gasteiger partial charge in [-0.05, 0) is 74.1 Å². The molecule has 32 heavy (non-hydrogen) atoms. The molecule has 6 nitrogen and oxygen atoms in total. The van der Waals surface area contributed by atoms with Crippen LogP contribution >= 0.6 is 12.6 Å². The molecule has 5 rings (SSSR count). The second kappa shape index (κ2) is 7.64. The van der Waals surface area contributed by atoms with Gasteiger partial charge in [-0.1, -0.05) is 12.1 Å². The number of hydrogen-bond donors (Lipinski definition) is 1. The van der Waals surface area contributed by atoms with Crippen molar-refractivity contribution in [2.24, 2.45) is 0 Å². The van der Waals surface area contributed by atoms with E-state index in [9.17, 15) is 10.1 Å². The van der Waals surface area contributed by atoms with Crippen LogP contribution in [0.25, 0.3) is 11.1 Å². The van der Waals surface area contributed by atoms with Gasteiger partial charge >= 0.3 is 0 Å². The molecule has 0 N–H and O–H groups in total. The van der Waals surface area contributed by atoms with Crippen LogP contribution in [-0.4, -0.2) is 26.9 Å². The highest BCUT2D eigenvalue weighted by atomic mass is 32.1. The third kappa shape index (κ3) is 3.06. The highest BCUT2D eigenvalue weighted by Crippen LogP contribution is 2.50. The first-order valence-electron chi connectivity index (χ1n) is 10.6. The third-order valence-electron chi connectivity index (χ3n) is 6.52. The molecule has 160 valence electrons. The Hall–Kier alpha value is -3.37. The van der Waals surface area contributed by atoms with Crippen LogP contribution in [0.2, 0.25) is 0 Å². The first-order valence-corrected chi connectivity index (χ1v) is 11.2. The van der Waals surface area contributed by atoms with Crippen molar-refractivity contribution in [3.63, 3.8) is 0 Å². The van der Waals surface area contributed by atoms with Crippen LogP contribution < -0.4 is 9.80 Å². The Labute approximate surface area is 192 Å². The molecule has 2 aliphatic rings. The van der Waals surface area contributed by atoms with E-state index in [1.807, 2.05) is 32.3 Å². The molecule has 1 aromatic carbocycles. The summed E-state index contributed by atoms with van der Waals surface area (Å²) in [6.07, 6.45) is 7.90. The van der Waals surface area contributed by atoms with Gasteiger partial charge in [0.05, 0.1) is 11.9 Å². The molecule has 1 amide bonds. The first-order chi connectivity index (χ1) is 15.4. The third-order valence-corrected chi connectivity index (χ3v) is 6.98. The van der Waals surface area contributed by atoms with Crippen molar-refractivity contribution in [1.29, 1.82) is 5.26 Å². The van der Waals surface area contributed by atoms with Crippen molar-refractivity contribution in [1.82, 2.24) is 9.97 Å². The van der Waals surface area contributed by atoms with Crippen molar-refractivity contribution in [3.8, 4) is 17.2 Å². The Morgan fingerprint density at radius 1 is 1.06 bits per heavy atom. The van der Waals surface area contributed by atoms with Gasteiger partial charge in [-0.3, -0.25) is 14.7 Å². The van der Waals surface area contributed by atoms with Crippen molar-refractivity contribution in [2.45, 2.75) is 44.1 Å². The summed E-state index contributed by atoms with van der Waals surface area (Å²) in [5.41, 5.74) is 4.97. The zero-order valence-electron chi connectivity index (χ0n) is 18.0. The van der Waals surface area contributed by atoms with Crippen molar-refractivity contribution >= 4 is 29.9 Å². The smallest absolute Gasteiger partial charge is 0.255 e. The van der Waals surface area contributed by atoms with Gasteiger partial charge in [-0.2, -0.15) is 5.26 Å². The van der Waals surface area contributed by atoms with Crippen molar-refractivity contribution in [2.75, 3.05) is 9.80 Å². The van der Waals surface area contributed by atoms with Crippen LogP contribution in [0.5, 0.6) is 0 Å². The van der Waals surface area contributed by atoms with Gasteiger partial charge in [0.25, 0.3) is 5.91 Å². The second-order valence-electron chi connectivity index (χ2n) is 8.55. The maximum Gasteiger partial charge on any atom is 0.255 e. The Balaban J connectivity index is 1.52. The van der Waals surface area contributed by atoms with Gasteiger partial charge < -0.3 is 4.90 Å². The number of benzene rings is 1. The van der Waals surface area contributed by atoms with E-state index < -0.39 is 11.0 Å². The summed E-state index contributed by atoms with van der Waals surface area (Å²) in [5.74, 6) is 0.0432. The fourth-order valence-electron chi connectivity index (χ4n) is 4.70. The molecule has 1 aliphatic heterocycles. The maximum atomic E-state index is 13.6. The minimum absolute atomic E-state index is 0.0432. The highest BCUT2D eigenvalue weighted by Gasteiger charge is 2.60. The standard InChI is InChI=1S/C25H23N5OS/c1-16-10-19(14-27-13-16)18-4-6-20(7-5-18)30-24(32)29(23(31)25(30)8-3-9-25)21-11-17(2)22(12-26)28-15-21/h4-7,10-11,13-15,24,32H,3,8-9H2,1-2H3. The number of hydrogen-bond acceptors (Lipinski definition) is 6. The van der Waals surface area contributed by atoms with E-state index >= 15 is 0 Å². The molecule has 2 fully saturated rings. The highest BCUT2D eigenvalue weighted by molar-refractivity contribution is 7.81. The average molecular weight is 442 g/mol. The van der Waals surface area contributed by atoms with E-state index in [0.717, 1.165) is 47.2 Å². The largest absolute Gasteiger partial charge is 0.328 e. The normalized spacial score (nSPS) is 19.2. The summed E-state index contributed by atoms with van der Waals surface area (Å²) in [6, 6.07) is 14.3. The molecule has 1 saturated heterocycles. The molecule has 0 radical (unpaired) electrons. The zero-order valence-corrected chi connectivity index (χ0v) is 18.9. The molecule has 1 aliphatic carbocycles. The second-order valence-corrected chi connectivity index (χ2v) is 9.01. The van der Waals surface area contributed by atoms with Crippen LogP contribution in [0.1, 0.15) is 36.1 Å². The van der Waals surface area contributed by atoms with Crippen LogP contribution in [0.15, 0.2) is 55.0 Å². The van der Waals surface area contributed by atoms with Gasteiger partial charge in [-0.15, -0.1) is 12.6 Å². The lowest BCUT2D eigenvalue weighted by molar-refractivity contribution is -0.124. The Kier molecular flexibility index (Phi) is 4.90. The van der Waals surface area contributed by atoms with E-state index in [1.54, 1.807) is 11.1 Å². The minimum atomic E-state index is -0.583. The monoisotopic (exact) mass is 441 g/mol. The molecule has 1 unspecified atom stereocenters. The molecule has 1 saturated carbocycles. The summed E-state index contributed by atoms with van der Waals surface area (Å²) < 4.78 is 0. The van der Waals surface area contributed by atoms with E-state index in [-0.39, 0.29) is 5.91 Å². The number of aryl methyl sites for hydroxylation is 2. The average Bonchev–Trinajstić information content (AvgIpc) is 3.00. The number of aromatic nitrogens is 2. The van der Waals surface area contributed by atoms with E-state index in [4.69, 9.17) is 12.6 Å². The number of anilines is 2. The number of rotatable bonds is 3. The molecule has 0 bridgehead atoms. The molecule has 1 atom stereocenters. The summed E-state index contributed by atoms with van der Waals surface area (Å²) in [5, 5.41) is 9.20. The first kappa shape index (κ1) is 20.5. The maximum absolute atomic E-state index is 13.6. The van der Waals surface area contributed by atoms with E-state index in [0.29, 0.717) is 11.4 Å². The van der Waals surface area contributed by atoms with Gasteiger partial charge in [-0.25, -0.2) is 4.98 Å².